The van der Waals surface area contributed by atoms with Gasteiger partial charge < -0.3 is 18.9 Å². The van der Waals surface area contributed by atoms with Crippen molar-refractivity contribution in [3.8, 4) is 17.2 Å². The van der Waals surface area contributed by atoms with Gasteiger partial charge in [0, 0.05) is 0 Å². The van der Waals surface area contributed by atoms with Gasteiger partial charge in [-0.1, -0.05) is 36.4 Å². The number of hydrogen-bond acceptors (Lipinski definition) is 5. The summed E-state index contributed by atoms with van der Waals surface area (Å²) in [5.74, 6) is 0.0173. The Hall–Kier alpha value is -3.54. The van der Waals surface area contributed by atoms with E-state index in [2.05, 4.69) is 0 Å². The average Bonchev–Trinajstić information content (AvgIpc) is 2.76. The van der Waals surface area contributed by atoms with E-state index in [9.17, 15) is 9.18 Å². The molecule has 0 amide bonds. The number of ether oxygens (including phenoxy) is 4. The molecule has 5 nitrogen and oxygen atoms in total. The third-order valence-corrected chi connectivity index (χ3v) is 4.22. The molecule has 0 radical (unpaired) electrons. The van der Waals surface area contributed by atoms with Crippen LogP contribution in [0.5, 0.6) is 17.2 Å². The molecule has 0 saturated carbocycles. The van der Waals surface area contributed by atoms with Gasteiger partial charge in [0.15, 0.2) is 23.1 Å². The van der Waals surface area contributed by atoms with Crippen LogP contribution in [0.4, 0.5) is 4.39 Å². The molecule has 29 heavy (non-hydrogen) atoms. The molecule has 0 atom stereocenters. The fourth-order valence-corrected chi connectivity index (χ4v) is 2.68. The van der Waals surface area contributed by atoms with Crippen molar-refractivity contribution in [2.75, 3.05) is 14.2 Å². The zero-order valence-electron chi connectivity index (χ0n) is 16.2. The Kier molecular flexibility index (Phi) is 6.68. The minimum atomic E-state index is -0.547. The maximum absolute atomic E-state index is 13.7. The molecule has 3 aromatic rings. The molecule has 150 valence electrons. The van der Waals surface area contributed by atoms with Gasteiger partial charge in [0.05, 0.1) is 19.8 Å². The Balaban J connectivity index is 1.64. The molecule has 0 spiro atoms. The van der Waals surface area contributed by atoms with Gasteiger partial charge >= 0.3 is 5.97 Å². The summed E-state index contributed by atoms with van der Waals surface area (Å²) < 4.78 is 35.0. The summed E-state index contributed by atoms with van der Waals surface area (Å²) >= 11 is 0. The molecule has 0 heterocycles. The second kappa shape index (κ2) is 9.59. The van der Waals surface area contributed by atoms with Crippen molar-refractivity contribution < 1.29 is 28.1 Å². The SMILES string of the molecule is COc1ccc(COC(=O)c2ccc(OCc3ccccc3)c(OC)c2)cc1F. The maximum atomic E-state index is 13.7. The van der Waals surface area contributed by atoms with Crippen molar-refractivity contribution in [3.05, 3.63) is 89.2 Å². The van der Waals surface area contributed by atoms with Crippen LogP contribution < -0.4 is 14.2 Å². The van der Waals surface area contributed by atoms with Crippen LogP contribution in [0.1, 0.15) is 21.5 Å². The zero-order chi connectivity index (χ0) is 20.6. The zero-order valence-corrected chi connectivity index (χ0v) is 16.2. The number of halogens is 1. The van der Waals surface area contributed by atoms with Crippen LogP contribution in [-0.4, -0.2) is 20.2 Å². The van der Waals surface area contributed by atoms with Crippen molar-refractivity contribution in [3.63, 3.8) is 0 Å². The van der Waals surface area contributed by atoms with E-state index in [0.717, 1.165) is 5.56 Å². The first-order valence-electron chi connectivity index (χ1n) is 8.95. The highest BCUT2D eigenvalue weighted by atomic mass is 19.1. The first-order chi connectivity index (χ1) is 14.1. The Morgan fingerprint density at radius 1 is 0.793 bits per heavy atom. The number of methoxy groups -OCH3 is 2. The Morgan fingerprint density at radius 2 is 1.52 bits per heavy atom. The highest BCUT2D eigenvalue weighted by Gasteiger charge is 2.13. The molecule has 3 aromatic carbocycles. The molecule has 0 saturated heterocycles. The average molecular weight is 396 g/mol. The number of rotatable bonds is 8. The highest BCUT2D eigenvalue weighted by molar-refractivity contribution is 5.90. The second-order valence-electron chi connectivity index (χ2n) is 6.18. The van der Waals surface area contributed by atoms with Gasteiger partial charge in [0.25, 0.3) is 0 Å². The predicted molar refractivity (Wildman–Crippen MR) is 106 cm³/mol. The lowest BCUT2D eigenvalue weighted by Crippen LogP contribution is -2.06. The van der Waals surface area contributed by atoms with Crippen LogP contribution in [0.2, 0.25) is 0 Å². The van der Waals surface area contributed by atoms with E-state index in [1.165, 1.54) is 26.4 Å². The molecule has 0 fully saturated rings. The monoisotopic (exact) mass is 396 g/mol. The molecule has 0 aromatic heterocycles. The molecule has 0 aliphatic carbocycles. The largest absolute Gasteiger partial charge is 0.494 e. The van der Waals surface area contributed by atoms with Crippen LogP contribution in [0.15, 0.2) is 66.7 Å². The Labute approximate surface area is 168 Å². The first kappa shape index (κ1) is 20.2. The lowest BCUT2D eigenvalue weighted by Gasteiger charge is -2.12. The van der Waals surface area contributed by atoms with E-state index >= 15 is 0 Å². The topological polar surface area (TPSA) is 54.0 Å². The van der Waals surface area contributed by atoms with E-state index in [1.54, 1.807) is 24.3 Å². The van der Waals surface area contributed by atoms with Crippen LogP contribution >= 0.6 is 0 Å². The summed E-state index contributed by atoms with van der Waals surface area (Å²) in [4.78, 5) is 12.3. The highest BCUT2D eigenvalue weighted by Crippen LogP contribution is 2.29. The summed E-state index contributed by atoms with van der Waals surface area (Å²) in [5.41, 5.74) is 1.85. The number of benzene rings is 3. The quantitative estimate of drug-likeness (QED) is 0.513. The predicted octanol–water partition coefficient (Wildman–Crippen LogP) is 4.78. The van der Waals surface area contributed by atoms with E-state index in [1.807, 2.05) is 30.3 Å². The summed E-state index contributed by atoms with van der Waals surface area (Å²) in [6.07, 6.45) is 0. The van der Waals surface area contributed by atoms with E-state index in [0.29, 0.717) is 29.2 Å². The second-order valence-corrected chi connectivity index (χ2v) is 6.18. The molecule has 3 rings (SSSR count). The Bertz CT molecular complexity index is 972. The van der Waals surface area contributed by atoms with Crippen molar-refractivity contribution >= 4 is 5.97 Å². The van der Waals surface area contributed by atoms with Gasteiger partial charge in [-0.05, 0) is 41.5 Å². The van der Waals surface area contributed by atoms with Crippen LogP contribution in [0.3, 0.4) is 0 Å². The van der Waals surface area contributed by atoms with Crippen LogP contribution in [-0.2, 0) is 18.0 Å². The normalized spacial score (nSPS) is 10.3. The molecular formula is C23H21FO5. The first-order valence-corrected chi connectivity index (χ1v) is 8.95. The number of hydrogen-bond donors (Lipinski definition) is 0. The molecule has 0 unspecified atom stereocenters. The summed E-state index contributed by atoms with van der Waals surface area (Å²) in [7, 11) is 2.89. The number of carbonyl (C=O) groups is 1. The van der Waals surface area contributed by atoms with E-state index in [-0.39, 0.29) is 12.4 Å². The van der Waals surface area contributed by atoms with Crippen molar-refractivity contribution in [1.82, 2.24) is 0 Å². The fraction of sp³-hybridized carbons (Fsp3) is 0.174. The maximum Gasteiger partial charge on any atom is 0.338 e. The van der Waals surface area contributed by atoms with Crippen molar-refractivity contribution in [2.24, 2.45) is 0 Å². The van der Waals surface area contributed by atoms with Gasteiger partial charge in [0.1, 0.15) is 13.2 Å². The van der Waals surface area contributed by atoms with Gasteiger partial charge in [-0.15, -0.1) is 0 Å². The fourth-order valence-electron chi connectivity index (χ4n) is 2.68. The number of esters is 1. The molecule has 0 N–H and O–H groups in total. The summed E-state index contributed by atoms with van der Waals surface area (Å²) in [5, 5.41) is 0. The lowest BCUT2D eigenvalue weighted by molar-refractivity contribution is 0.0471. The molecule has 6 heteroatoms. The van der Waals surface area contributed by atoms with E-state index in [4.69, 9.17) is 18.9 Å². The van der Waals surface area contributed by atoms with Gasteiger partial charge in [0.2, 0.25) is 0 Å². The van der Waals surface area contributed by atoms with Crippen molar-refractivity contribution in [1.29, 1.82) is 0 Å². The Morgan fingerprint density at radius 3 is 2.21 bits per heavy atom. The summed E-state index contributed by atoms with van der Waals surface area (Å²) in [6, 6.07) is 18.9. The minimum absolute atomic E-state index is 0.0612. The molecule has 0 bridgehead atoms. The third-order valence-electron chi connectivity index (χ3n) is 4.22. The van der Waals surface area contributed by atoms with Gasteiger partial charge in [-0.25, -0.2) is 9.18 Å². The third kappa shape index (κ3) is 5.25. The van der Waals surface area contributed by atoms with Crippen molar-refractivity contribution in [2.45, 2.75) is 13.2 Å². The van der Waals surface area contributed by atoms with Gasteiger partial charge in [-0.2, -0.15) is 0 Å². The summed E-state index contributed by atoms with van der Waals surface area (Å²) in [6.45, 7) is 0.318. The minimum Gasteiger partial charge on any atom is -0.494 e. The molecule has 0 aliphatic rings. The molecular weight excluding hydrogens is 375 g/mol. The number of carbonyl (C=O) groups excluding carboxylic acids is 1. The lowest BCUT2D eigenvalue weighted by atomic mass is 10.2. The smallest absolute Gasteiger partial charge is 0.338 e. The van der Waals surface area contributed by atoms with Crippen LogP contribution in [0, 0.1) is 5.82 Å². The van der Waals surface area contributed by atoms with Crippen LogP contribution in [0.25, 0.3) is 0 Å². The van der Waals surface area contributed by atoms with E-state index < -0.39 is 11.8 Å². The molecule has 0 aliphatic heterocycles. The standard InChI is InChI=1S/C23H21FO5/c1-26-20-10-8-17(12-19(20)24)15-29-23(25)18-9-11-21(22(13-18)27-2)28-14-16-6-4-3-5-7-16/h3-13H,14-15H2,1-2H3. The van der Waals surface area contributed by atoms with Gasteiger partial charge in [-0.3, -0.25) is 0 Å².